The van der Waals surface area contributed by atoms with Gasteiger partial charge in [-0.15, -0.1) is 12.4 Å². The highest BCUT2D eigenvalue weighted by atomic mass is 35.5. The molecular formula is C16H23ClN2O4. The second-order valence-electron chi connectivity index (χ2n) is 5.41. The number of anilines is 1. The Bertz CT molecular complexity index is 521. The van der Waals surface area contributed by atoms with Crippen molar-refractivity contribution in [2.45, 2.75) is 19.3 Å². The van der Waals surface area contributed by atoms with Crippen molar-refractivity contribution in [3.05, 3.63) is 24.3 Å². The van der Waals surface area contributed by atoms with Crippen molar-refractivity contribution in [3.8, 4) is 5.75 Å². The van der Waals surface area contributed by atoms with Crippen LogP contribution >= 0.6 is 12.4 Å². The van der Waals surface area contributed by atoms with Gasteiger partial charge in [0.15, 0.2) is 6.61 Å². The first kappa shape index (κ1) is 19.3. The number of halogens is 1. The van der Waals surface area contributed by atoms with E-state index in [9.17, 15) is 9.59 Å². The number of carbonyl (C=O) groups is 2. The molecule has 3 N–H and O–H groups in total. The number of esters is 1. The molecule has 1 aromatic rings. The van der Waals surface area contributed by atoms with Crippen molar-refractivity contribution >= 4 is 30.0 Å². The van der Waals surface area contributed by atoms with E-state index in [0.717, 1.165) is 19.3 Å². The van der Waals surface area contributed by atoms with E-state index >= 15 is 0 Å². The number of hydrogen-bond donors (Lipinski definition) is 2. The third-order valence-corrected chi connectivity index (χ3v) is 4.00. The summed E-state index contributed by atoms with van der Waals surface area (Å²) in [5, 5.41) is 2.91. The van der Waals surface area contributed by atoms with E-state index in [1.807, 2.05) is 0 Å². The van der Waals surface area contributed by atoms with E-state index < -0.39 is 5.97 Å². The van der Waals surface area contributed by atoms with Crippen molar-refractivity contribution in [1.82, 2.24) is 0 Å². The Morgan fingerprint density at radius 2 is 1.96 bits per heavy atom. The largest absolute Gasteiger partial charge is 0.482 e. The fourth-order valence-electron chi connectivity index (χ4n) is 2.73. The molecule has 0 radical (unpaired) electrons. The van der Waals surface area contributed by atoms with E-state index in [-0.39, 0.29) is 36.8 Å². The van der Waals surface area contributed by atoms with Crippen molar-refractivity contribution in [3.63, 3.8) is 0 Å². The van der Waals surface area contributed by atoms with Gasteiger partial charge in [-0.1, -0.05) is 6.42 Å². The van der Waals surface area contributed by atoms with Crippen LogP contribution in [0.1, 0.15) is 19.3 Å². The fraction of sp³-hybridized carbons (Fsp3) is 0.500. The minimum absolute atomic E-state index is 0. The van der Waals surface area contributed by atoms with E-state index in [1.165, 1.54) is 7.11 Å². The molecular weight excluding hydrogens is 320 g/mol. The van der Waals surface area contributed by atoms with Gasteiger partial charge in [0.2, 0.25) is 5.91 Å². The van der Waals surface area contributed by atoms with Gasteiger partial charge < -0.3 is 20.5 Å². The van der Waals surface area contributed by atoms with Gasteiger partial charge in [0.05, 0.1) is 7.11 Å². The molecule has 2 rings (SSSR count). The van der Waals surface area contributed by atoms with Crippen molar-refractivity contribution in [1.29, 1.82) is 0 Å². The summed E-state index contributed by atoms with van der Waals surface area (Å²) < 4.78 is 9.74. The molecule has 1 saturated carbocycles. The summed E-state index contributed by atoms with van der Waals surface area (Å²) in [7, 11) is 1.31. The van der Waals surface area contributed by atoms with Crippen LogP contribution in [0.3, 0.4) is 0 Å². The molecule has 1 aliphatic rings. The molecule has 2 atom stereocenters. The summed E-state index contributed by atoms with van der Waals surface area (Å²) in [6, 6.07) is 6.90. The molecule has 6 nitrogen and oxygen atoms in total. The van der Waals surface area contributed by atoms with Gasteiger partial charge in [0.1, 0.15) is 5.75 Å². The number of amides is 1. The second kappa shape index (κ2) is 9.37. The van der Waals surface area contributed by atoms with Gasteiger partial charge in [0.25, 0.3) is 0 Å². The standard InChI is InChI=1S/C16H22N2O4.ClH/c1-21-15(19)10-22-13-7-5-12(6-8-13)18-16(20)14-4-2-3-11(14)9-17;/h5-8,11,14H,2-4,9-10,17H2,1H3,(H,18,20);1H/t11-,14-;/m1./s1. The zero-order valence-corrected chi connectivity index (χ0v) is 13.9. The van der Waals surface area contributed by atoms with Gasteiger partial charge in [-0.2, -0.15) is 0 Å². The smallest absolute Gasteiger partial charge is 0.343 e. The predicted molar refractivity (Wildman–Crippen MR) is 89.7 cm³/mol. The first-order chi connectivity index (χ1) is 10.6. The third-order valence-electron chi connectivity index (χ3n) is 4.00. The quantitative estimate of drug-likeness (QED) is 0.771. The highest BCUT2D eigenvalue weighted by Crippen LogP contribution is 2.32. The maximum atomic E-state index is 12.3. The minimum atomic E-state index is -0.438. The van der Waals surface area contributed by atoms with Crippen LogP contribution in [0.5, 0.6) is 5.75 Å². The summed E-state index contributed by atoms with van der Waals surface area (Å²) in [6.45, 7) is 0.418. The van der Waals surface area contributed by atoms with Gasteiger partial charge in [-0.3, -0.25) is 4.79 Å². The van der Waals surface area contributed by atoms with Crippen molar-refractivity contribution in [2.75, 3.05) is 25.6 Å². The average molecular weight is 343 g/mol. The van der Waals surface area contributed by atoms with Crippen molar-refractivity contribution < 1.29 is 19.1 Å². The van der Waals surface area contributed by atoms with Crippen LogP contribution in [0.15, 0.2) is 24.3 Å². The first-order valence-electron chi connectivity index (χ1n) is 7.44. The second-order valence-corrected chi connectivity index (χ2v) is 5.41. The lowest BCUT2D eigenvalue weighted by atomic mass is 9.95. The lowest BCUT2D eigenvalue weighted by molar-refractivity contribution is -0.142. The summed E-state index contributed by atoms with van der Waals surface area (Å²) in [6.07, 6.45) is 2.98. The number of benzene rings is 1. The van der Waals surface area contributed by atoms with Crippen LogP contribution in [-0.2, 0) is 14.3 Å². The Balaban J connectivity index is 0.00000264. The molecule has 0 saturated heterocycles. The minimum Gasteiger partial charge on any atom is -0.482 e. The van der Waals surface area contributed by atoms with E-state index in [1.54, 1.807) is 24.3 Å². The summed E-state index contributed by atoms with van der Waals surface area (Å²) >= 11 is 0. The lowest BCUT2D eigenvalue weighted by Crippen LogP contribution is -2.29. The van der Waals surface area contributed by atoms with Crippen LogP contribution < -0.4 is 15.8 Å². The molecule has 23 heavy (non-hydrogen) atoms. The third kappa shape index (κ3) is 5.41. The van der Waals surface area contributed by atoms with E-state index in [4.69, 9.17) is 10.5 Å². The van der Waals surface area contributed by atoms with Gasteiger partial charge in [-0.25, -0.2) is 4.79 Å². The normalized spacial score (nSPS) is 19.6. The van der Waals surface area contributed by atoms with Crippen LogP contribution in [-0.4, -0.2) is 32.1 Å². The number of hydrogen-bond acceptors (Lipinski definition) is 5. The average Bonchev–Trinajstić information content (AvgIpc) is 3.02. The SMILES string of the molecule is COC(=O)COc1ccc(NC(=O)[C@@H]2CCC[C@@H]2CN)cc1.Cl. The number of nitrogens with one attached hydrogen (secondary N) is 1. The molecule has 0 aromatic heterocycles. The Labute approximate surface area is 142 Å². The highest BCUT2D eigenvalue weighted by Gasteiger charge is 2.31. The Hall–Kier alpha value is -1.79. The van der Waals surface area contributed by atoms with E-state index in [2.05, 4.69) is 10.1 Å². The zero-order valence-electron chi connectivity index (χ0n) is 13.1. The maximum Gasteiger partial charge on any atom is 0.343 e. The van der Waals surface area contributed by atoms with Crippen LogP contribution in [0.2, 0.25) is 0 Å². The first-order valence-corrected chi connectivity index (χ1v) is 7.44. The van der Waals surface area contributed by atoms with Crippen LogP contribution in [0.25, 0.3) is 0 Å². The summed E-state index contributed by atoms with van der Waals surface area (Å²) in [5.74, 6) is 0.412. The molecule has 1 fully saturated rings. The molecule has 0 unspecified atom stereocenters. The summed E-state index contributed by atoms with van der Waals surface area (Å²) in [4.78, 5) is 23.3. The Kier molecular flexibility index (Phi) is 7.85. The highest BCUT2D eigenvalue weighted by molar-refractivity contribution is 5.93. The Morgan fingerprint density at radius 1 is 1.26 bits per heavy atom. The lowest BCUT2D eigenvalue weighted by Gasteiger charge is -2.17. The van der Waals surface area contributed by atoms with Crippen molar-refractivity contribution in [2.24, 2.45) is 17.6 Å². The molecule has 0 aliphatic heterocycles. The molecule has 0 spiro atoms. The number of carbonyl (C=O) groups excluding carboxylic acids is 2. The zero-order chi connectivity index (χ0) is 15.9. The molecule has 1 aliphatic carbocycles. The molecule has 0 heterocycles. The number of nitrogens with two attached hydrogens (primary N) is 1. The number of ether oxygens (including phenoxy) is 2. The van der Waals surface area contributed by atoms with Gasteiger partial charge in [0, 0.05) is 11.6 Å². The fourth-order valence-corrected chi connectivity index (χ4v) is 2.73. The summed E-state index contributed by atoms with van der Waals surface area (Å²) in [5.41, 5.74) is 6.42. The number of methoxy groups -OCH3 is 1. The van der Waals surface area contributed by atoms with Gasteiger partial charge >= 0.3 is 5.97 Å². The molecule has 1 amide bonds. The van der Waals surface area contributed by atoms with E-state index in [0.29, 0.717) is 18.0 Å². The number of rotatable bonds is 6. The maximum absolute atomic E-state index is 12.3. The topological polar surface area (TPSA) is 90.6 Å². The molecule has 0 bridgehead atoms. The van der Waals surface area contributed by atoms with Crippen LogP contribution in [0, 0.1) is 11.8 Å². The van der Waals surface area contributed by atoms with Crippen LogP contribution in [0.4, 0.5) is 5.69 Å². The van der Waals surface area contributed by atoms with Gasteiger partial charge in [-0.05, 0) is 49.6 Å². The monoisotopic (exact) mass is 342 g/mol. The molecule has 128 valence electrons. The molecule has 1 aromatic carbocycles. The Morgan fingerprint density at radius 3 is 2.57 bits per heavy atom. The molecule has 7 heteroatoms. The predicted octanol–water partition coefficient (Wildman–Crippen LogP) is 1.97.